The van der Waals surface area contributed by atoms with Crippen molar-refractivity contribution in [3.63, 3.8) is 0 Å². The Hall–Kier alpha value is -2.84. The normalized spacial score (nSPS) is 19.0. The van der Waals surface area contributed by atoms with E-state index in [1.165, 1.54) is 0 Å². The van der Waals surface area contributed by atoms with Gasteiger partial charge in [0.15, 0.2) is 0 Å². The molecular weight excluding hydrogens is 392 g/mol. The quantitative estimate of drug-likeness (QED) is 0.699. The van der Waals surface area contributed by atoms with Crippen LogP contribution >= 0.6 is 0 Å². The molecule has 0 saturated carbocycles. The molecular formula is C23H28N6O2. The molecule has 0 bridgehead atoms. The standard InChI is InChI=1S/C23H28N6O2/c1-28-15-21(26-27-28)17-2-3-18-14-24-22(13-19(18)12-17)25-23(30)16-4-8-29(9-5-16)20-6-10-31-11-7-20/h2-3,12-16,20H,4-11H2,1H3,(H,24,25,30). The van der Waals surface area contributed by atoms with Gasteiger partial charge in [-0.1, -0.05) is 17.3 Å². The average Bonchev–Trinajstić information content (AvgIpc) is 3.25. The molecule has 2 fully saturated rings. The zero-order chi connectivity index (χ0) is 21.2. The summed E-state index contributed by atoms with van der Waals surface area (Å²) in [5.41, 5.74) is 1.81. The zero-order valence-corrected chi connectivity index (χ0v) is 17.8. The molecule has 2 aliphatic heterocycles. The number of amides is 1. The van der Waals surface area contributed by atoms with Gasteiger partial charge in [0, 0.05) is 49.4 Å². The topological polar surface area (TPSA) is 85.2 Å². The fourth-order valence-corrected chi connectivity index (χ4v) is 4.65. The summed E-state index contributed by atoms with van der Waals surface area (Å²) < 4.78 is 7.16. The van der Waals surface area contributed by atoms with Crippen molar-refractivity contribution in [2.45, 2.75) is 31.7 Å². The van der Waals surface area contributed by atoms with Crippen molar-refractivity contribution in [3.05, 3.63) is 36.7 Å². The minimum atomic E-state index is 0.0412. The number of anilines is 1. The number of carbonyl (C=O) groups excluding carboxylic acids is 1. The monoisotopic (exact) mass is 420 g/mol. The van der Waals surface area contributed by atoms with Gasteiger partial charge in [0.1, 0.15) is 11.5 Å². The van der Waals surface area contributed by atoms with Crippen LogP contribution in [0.25, 0.3) is 22.0 Å². The first-order valence-electron chi connectivity index (χ1n) is 11.0. The third-order valence-electron chi connectivity index (χ3n) is 6.48. The summed E-state index contributed by atoms with van der Waals surface area (Å²) in [5, 5.41) is 13.3. The lowest BCUT2D eigenvalue weighted by molar-refractivity contribution is -0.121. The summed E-state index contributed by atoms with van der Waals surface area (Å²) >= 11 is 0. The molecule has 8 heteroatoms. The van der Waals surface area contributed by atoms with Gasteiger partial charge in [-0.25, -0.2) is 4.98 Å². The molecule has 5 rings (SSSR count). The van der Waals surface area contributed by atoms with Crippen LogP contribution in [0.15, 0.2) is 36.7 Å². The molecule has 3 aromatic rings. The second-order valence-corrected chi connectivity index (χ2v) is 8.55. The van der Waals surface area contributed by atoms with Crippen LogP contribution in [0.3, 0.4) is 0 Å². The number of piperidine rings is 1. The van der Waals surface area contributed by atoms with Crippen molar-refractivity contribution >= 4 is 22.5 Å². The third kappa shape index (κ3) is 4.45. The Kier molecular flexibility index (Phi) is 5.65. The highest BCUT2D eigenvalue weighted by Crippen LogP contribution is 2.26. The Morgan fingerprint density at radius 3 is 2.65 bits per heavy atom. The van der Waals surface area contributed by atoms with E-state index in [1.54, 1.807) is 10.9 Å². The number of pyridine rings is 1. The third-order valence-corrected chi connectivity index (χ3v) is 6.48. The lowest BCUT2D eigenvalue weighted by atomic mass is 9.93. The Labute approximate surface area is 181 Å². The first kappa shape index (κ1) is 20.1. The van der Waals surface area contributed by atoms with Crippen molar-refractivity contribution in [2.75, 3.05) is 31.6 Å². The highest BCUT2D eigenvalue weighted by molar-refractivity contribution is 5.95. The Morgan fingerprint density at radius 1 is 1.10 bits per heavy atom. The van der Waals surface area contributed by atoms with Crippen molar-refractivity contribution in [1.29, 1.82) is 0 Å². The lowest BCUT2D eigenvalue weighted by Gasteiger charge is -2.38. The van der Waals surface area contributed by atoms with E-state index in [-0.39, 0.29) is 11.8 Å². The molecule has 162 valence electrons. The molecule has 4 heterocycles. The van der Waals surface area contributed by atoms with E-state index in [0.717, 1.165) is 74.0 Å². The van der Waals surface area contributed by atoms with Gasteiger partial charge in [-0.3, -0.25) is 9.48 Å². The number of hydrogen-bond donors (Lipinski definition) is 1. The second-order valence-electron chi connectivity index (χ2n) is 8.55. The minimum Gasteiger partial charge on any atom is -0.381 e. The maximum atomic E-state index is 12.9. The number of likely N-dealkylation sites (tertiary alicyclic amines) is 1. The summed E-state index contributed by atoms with van der Waals surface area (Å²) in [6, 6.07) is 8.64. The molecule has 1 amide bonds. The van der Waals surface area contributed by atoms with Gasteiger partial charge in [-0.05, 0) is 56.3 Å². The molecule has 2 aliphatic rings. The Balaban J connectivity index is 1.24. The molecule has 1 N–H and O–H groups in total. The smallest absolute Gasteiger partial charge is 0.228 e. The zero-order valence-electron chi connectivity index (χ0n) is 17.8. The van der Waals surface area contributed by atoms with Crippen molar-refractivity contribution in [2.24, 2.45) is 13.0 Å². The van der Waals surface area contributed by atoms with E-state index in [2.05, 4.69) is 31.6 Å². The number of nitrogens with zero attached hydrogens (tertiary/aromatic N) is 5. The lowest BCUT2D eigenvalue weighted by Crippen LogP contribution is -2.45. The van der Waals surface area contributed by atoms with Crippen LogP contribution in [0.1, 0.15) is 25.7 Å². The second kappa shape index (κ2) is 8.72. The SMILES string of the molecule is Cn1cc(-c2ccc3cnc(NC(=O)C4CCN(C5CCOCC5)CC4)cc3c2)nn1. The summed E-state index contributed by atoms with van der Waals surface area (Å²) in [4.78, 5) is 19.9. The molecule has 0 aliphatic carbocycles. The average molecular weight is 421 g/mol. The fourth-order valence-electron chi connectivity index (χ4n) is 4.65. The van der Waals surface area contributed by atoms with Gasteiger partial charge >= 0.3 is 0 Å². The molecule has 0 spiro atoms. The molecule has 0 radical (unpaired) electrons. The van der Waals surface area contributed by atoms with Gasteiger partial charge in [0.2, 0.25) is 5.91 Å². The number of aromatic nitrogens is 4. The number of rotatable bonds is 4. The van der Waals surface area contributed by atoms with Crippen molar-refractivity contribution < 1.29 is 9.53 Å². The first-order valence-corrected chi connectivity index (χ1v) is 11.0. The van der Waals surface area contributed by atoms with Gasteiger partial charge in [0.05, 0.1) is 6.20 Å². The van der Waals surface area contributed by atoms with Crippen molar-refractivity contribution in [1.82, 2.24) is 24.9 Å². The molecule has 2 aromatic heterocycles. The predicted octanol–water partition coefficient (Wildman–Crippen LogP) is 2.86. The highest BCUT2D eigenvalue weighted by Gasteiger charge is 2.29. The van der Waals surface area contributed by atoms with Crippen LogP contribution in [0.2, 0.25) is 0 Å². The minimum absolute atomic E-state index is 0.0412. The van der Waals surface area contributed by atoms with E-state index < -0.39 is 0 Å². The van der Waals surface area contributed by atoms with Crippen LogP contribution < -0.4 is 5.32 Å². The number of hydrogen-bond acceptors (Lipinski definition) is 6. The van der Waals surface area contributed by atoms with Gasteiger partial charge < -0.3 is 15.0 Å². The van der Waals surface area contributed by atoms with Crippen LogP contribution in [0, 0.1) is 5.92 Å². The van der Waals surface area contributed by atoms with Crippen LogP contribution in [-0.4, -0.2) is 63.1 Å². The molecule has 0 atom stereocenters. The first-order chi connectivity index (χ1) is 15.2. The number of ether oxygens (including phenoxy) is 1. The molecule has 0 unspecified atom stereocenters. The van der Waals surface area contributed by atoms with E-state index >= 15 is 0 Å². The van der Waals surface area contributed by atoms with Crippen molar-refractivity contribution in [3.8, 4) is 11.3 Å². The van der Waals surface area contributed by atoms with E-state index in [1.807, 2.05) is 31.4 Å². The number of benzene rings is 1. The predicted molar refractivity (Wildman–Crippen MR) is 119 cm³/mol. The molecule has 2 saturated heterocycles. The molecule has 31 heavy (non-hydrogen) atoms. The summed E-state index contributed by atoms with van der Waals surface area (Å²) in [7, 11) is 1.85. The number of carbonyl (C=O) groups is 1. The number of aryl methyl sites for hydroxylation is 1. The van der Waals surface area contributed by atoms with Gasteiger partial charge in [-0.15, -0.1) is 5.10 Å². The van der Waals surface area contributed by atoms with Gasteiger partial charge in [0.25, 0.3) is 0 Å². The highest BCUT2D eigenvalue weighted by atomic mass is 16.5. The summed E-state index contributed by atoms with van der Waals surface area (Å²) in [6.07, 6.45) is 7.70. The number of fused-ring (bicyclic) bond motifs is 1. The largest absolute Gasteiger partial charge is 0.381 e. The van der Waals surface area contributed by atoms with Crippen LogP contribution in [0.4, 0.5) is 5.82 Å². The Morgan fingerprint density at radius 2 is 1.90 bits per heavy atom. The van der Waals surface area contributed by atoms with E-state index in [4.69, 9.17) is 4.74 Å². The maximum Gasteiger partial charge on any atom is 0.228 e. The summed E-state index contributed by atoms with van der Waals surface area (Å²) in [5.74, 6) is 0.712. The summed E-state index contributed by atoms with van der Waals surface area (Å²) in [6.45, 7) is 3.68. The van der Waals surface area contributed by atoms with Crippen LogP contribution in [0.5, 0.6) is 0 Å². The van der Waals surface area contributed by atoms with E-state index in [9.17, 15) is 4.79 Å². The van der Waals surface area contributed by atoms with Gasteiger partial charge in [-0.2, -0.15) is 0 Å². The molecule has 8 nitrogen and oxygen atoms in total. The van der Waals surface area contributed by atoms with E-state index in [0.29, 0.717) is 11.9 Å². The Bertz CT molecular complexity index is 1070. The fraction of sp³-hybridized carbons (Fsp3) is 0.478. The maximum absolute atomic E-state index is 12.9. The number of nitrogens with one attached hydrogen (secondary N) is 1. The van der Waals surface area contributed by atoms with Crippen LogP contribution in [-0.2, 0) is 16.6 Å². The molecule has 1 aromatic carbocycles.